The van der Waals surface area contributed by atoms with Crippen LogP contribution in [0.4, 0.5) is 0 Å². The van der Waals surface area contributed by atoms with E-state index in [-0.39, 0.29) is 5.38 Å². The maximum absolute atomic E-state index is 6.49. The quantitative estimate of drug-likeness (QED) is 0.574. The van der Waals surface area contributed by atoms with Gasteiger partial charge in [0.1, 0.15) is 0 Å². The SMILES string of the molecule is Cc1cc(C(Cl)c2cc(C)c(Br)s2)ccc1Cl. The van der Waals surface area contributed by atoms with E-state index in [0.717, 1.165) is 24.8 Å². The molecule has 0 aliphatic rings. The summed E-state index contributed by atoms with van der Waals surface area (Å²) in [4.78, 5) is 1.15. The standard InChI is InChI=1S/C13H11BrCl2S/c1-7-5-9(3-4-10(7)15)12(16)11-6-8(2)13(14)17-11/h3-6,12H,1-2H3. The second kappa shape index (κ2) is 5.31. The minimum atomic E-state index is -0.110. The number of aryl methyl sites for hydroxylation is 2. The Morgan fingerprint density at radius 2 is 1.88 bits per heavy atom. The molecule has 2 aromatic rings. The van der Waals surface area contributed by atoms with E-state index in [1.165, 1.54) is 5.56 Å². The van der Waals surface area contributed by atoms with Crippen LogP contribution >= 0.6 is 50.5 Å². The zero-order valence-electron chi connectivity index (χ0n) is 9.43. The summed E-state index contributed by atoms with van der Waals surface area (Å²) in [5, 5.41) is 0.669. The van der Waals surface area contributed by atoms with Gasteiger partial charge in [-0.15, -0.1) is 22.9 Å². The average molecular weight is 350 g/mol. The molecule has 0 radical (unpaired) electrons. The molecule has 0 aliphatic carbocycles. The van der Waals surface area contributed by atoms with Crippen molar-refractivity contribution in [3.8, 4) is 0 Å². The zero-order valence-corrected chi connectivity index (χ0v) is 13.3. The van der Waals surface area contributed by atoms with E-state index < -0.39 is 0 Å². The Balaban J connectivity index is 2.36. The lowest BCUT2D eigenvalue weighted by atomic mass is 10.1. The first-order valence-electron chi connectivity index (χ1n) is 5.15. The Kier molecular flexibility index (Phi) is 4.19. The third-order valence-electron chi connectivity index (χ3n) is 2.60. The van der Waals surface area contributed by atoms with Gasteiger partial charge in [0.2, 0.25) is 0 Å². The highest BCUT2D eigenvalue weighted by atomic mass is 79.9. The summed E-state index contributed by atoms with van der Waals surface area (Å²) in [6.07, 6.45) is 0. The number of hydrogen-bond donors (Lipinski definition) is 0. The van der Waals surface area contributed by atoms with E-state index in [1.54, 1.807) is 11.3 Å². The second-order valence-corrected chi connectivity index (χ2v) is 7.22. The molecule has 1 atom stereocenters. The van der Waals surface area contributed by atoms with Gasteiger partial charge in [0, 0.05) is 9.90 Å². The fraction of sp³-hybridized carbons (Fsp3) is 0.231. The van der Waals surface area contributed by atoms with Crippen LogP contribution in [0.15, 0.2) is 28.1 Å². The average Bonchev–Trinajstić information content (AvgIpc) is 2.62. The van der Waals surface area contributed by atoms with Crippen molar-refractivity contribution in [2.24, 2.45) is 0 Å². The molecule has 0 saturated carbocycles. The lowest BCUT2D eigenvalue weighted by molar-refractivity contribution is 1.17. The van der Waals surface area contributed by atoms with Crippen LogP contribution < -0.4 is 0 Å². The van der Waals surface area contributed by atoms with Crippen LogP contribution in [0.25, 0.3) is 0 Å². The van der Waals surface area contributed by atoms with Gasteiger partial charge in [0.05, 0.1) is 9.16 Å². The molecular weight excluding hydrogens is 339 g/mol. The Morgan fingerprint density at radius 3 is 2.41 bits per heavy atom. The van der Waals surface area contributed by atoms with Crippen LogP contribution in [0.3, 0.4) is 0 Å². The maximum Gasteiger partial charge on any atom is 0.0928 e. The third kappa shape index (κ3) is 2.87. The molecule has 1 aromatic carbocycles. The highest BCUT2D eigenvalue weighted by molar-refractivity contribution is 9.11. The lowest BCUT2D eigenvalue weighted by Gasteiger charge is -2.09. The normalized spacial score (nSPS) is 12.8. The van der Waals surface area contributed by atoms with Crippen molar-refractivity contribution in [3.05, 3.63) is 54.6 Å². The minimum absolute atomic E-state index is 0.110. The van der Waals surface area contributed by atoms with E-state index in [1.807, 2.05) is 25.1 Å². The number of halogens is 3. The predicted octanol–water partition coefficient (Wildman–Crippen LogP) is 6.11. The van der Waals surface area contributed by atoms with Crippen molar-refractivity contribution in [2.75, 3.05) is 0 Å². The first kappa shape index (κ1) is 13.4. The van der Waals surface area contributed by atoms with Crippen LogP contribution in [-0.4, -0.2) is 0 Å². The van der Waals surface area contributed by atoms with E-state index in [9.17, 15) is 0 Å². The number of alkyl halides is 1. The molecule has 1 heterocycles. The molecule has 1 aromatic heterocycles. The number of rotatable bonds is 2. The number of benzene rings is 1. The van der Waals surface area contributed by atoms with Crippen LogP contribution in [0.2, 0.25) is 5.02 Å². The van der Waals surface area contributed by atoms with Gasteiger partial charge in [-0.05, 0) is 58.6 Å². The van der Waals surface area contributed by atoms with Crippen molar-refractivity contribution >= 4 is 50.5 Å². The first-order chi connectivity index (χ1) is 7.99. The third-order valence-corrected chi connectivity index (χ3v) is 5.84. The smallest absolute Gasteiger partial charge is 0.0928 e. The van der Waals surface area contributed by atoms with Gasteiger partial charge in [-0.3, -0.25) is 0 Å². The second-order valence-electron chi connectivity index (χ2n) is 3.98. The van der Waals surface area contributed by atoms with Crippen LogP contribution in [0, 0.1) is 13.8 Å². The largest absolute Gasteiger partial charge is 0.131 e. The van der Waals surface area contributed by atoms with Crippen LogP contribution in [0.1, 0.15) is 26.9 Å². The summed E-state index contributed by atoms with van der Waals surface area (Å²) in [5.41, 5.74) is 3.37. The Hall–Kier alpha value is -0.0200. The maximum atomic E-state index is 6.49. The zero-order chi connectivity index (χ0) is 12.6. The summed E-state index contributed by atoms with van der Waals surface area (Å²) in [5.74, 6) is 0. The molecule has 0 nitrogen and oxygen atoms in total. The molecule has 17 heavy (non-hydrogen) atoms. The van der Waals surface area contributed by atoms with Crippen molar-refractivity contribution < 1.29 is 0 Å². The van der Waals surface area contributed by atoms with Crippen LogP contribution in [0.5, 0.6) is 0 Å². The fourth-order valence-electron chi connectivity index (χ4n) is 1.60. The summed E-state index contributed by atoms with van der Waals surface area (Å²) in [6.45, 7) is 4.06. The predicted molar refractivity (Wildman–Crippen MR) is 80.6 cm³/mol. The van der Waals surface area contributed by atoms with E-state index in [2.05, 4.69) is 28.9 Å². The van der Waals surface area contributed by atoms with Gasteiger partial charge in [-0.1, -0.05) is 23.7 Å². The van der Waals surface area contributed by atoms with E-state index in [4.69, 9.17) is 23.2 Å². The highest BCUT2D eigenvalue weighted by Crippen LogP contribution is 2.38. The molecule has 0 bridgehead atoms. The fourth-order valence-corrected chi connectivity index (χ4v) is 3.63. The molecule has 0 spiro atoms. The summed E-state index contributed by atoms with van der Waals surface area (Å²) in [7, 11) is 0. The topological polar surface area (TPSA) is 0 Å². The molecule has 2 rings (SSSR count). The molecule has 1 unspecified atom stereocenters. The van der Waals surface area contributed by atoms with Gasteiger partial charge in [0.15, 0.2) is 0 Å². The van der Waals surface area contributed by atoms with Crippen molar-refractivity contribution in [2.45, 2.75) is 19.2 Å². The molecule has 90 valence electrons. The van der Waals surface area contributed by atoms with Gasteiger partial charge in [0.25, 0.3) is 0 Å². The minimum Gasteiger partial charge on any atom is -0.131 e. The molecule has 0 saturated heterocycles. The van der Waals surface area contributed by atoms with Gasteiger partial charge in [-0.25, -0.2) is 0 Å². The lowest BCUT2D eigenvalue weighted by Crippen LogP contribution is -1.91. The summed E-state index contributed by atoms with van der Waals surface area (Å²) >= 11 is 17.7. The van der Waals surface area contributed by atoms with Crippen molar-refractivity contribution in [3.63, 3.8) is 0 Å². The Labute approximate surface area is 124 Å². The number of thiophene rings is 1. The Morgan fingerprint density at radius 1 is 1.18 bits per heavy atom. The van der Waals surface area contributed by atoms with Crippen molar-refractivity contribution in [1.29, 1.82) is 0 Å². The first-order valence-corrected chi connectivity index (χ1v) is 7.57. The van der Waals surface area contributed by atoms with Crippen molar-refractivity contribution in [1.82, 2.24) is 0 Å². The summed E-state index contributed by atoms with van der Waals surface area (Å²) in [6, 6.07) is 8.05. The molecule has 0 amide bonds. The Bertz CT molecular complexity index is 529. The molecule has 0 N–H and O–H groups in total. The van der Waals surface area contributed by atoms with E-state index in [0.29, 0.717) is 0 Å². The molecular formula is C13H11BrCl2S. The molecule has 4 heteroatoms. The number of hydrogen-bond acceptors (Lipinski definition) is 1. The molecule has 0 aliphatic heterocycles. The summed E-state index contributed by atoms with van der Waals surface area (Å²) < 4.78 is 1.14. The molecule has 0 fully saturated rings. The van der Waals surface area contributed by atoms with Crippen LogP contribution in [-0.2, 0) is 0 Å². The highest BCUT2D eigenvalue weighted by Gasteiger charge is 2.15. The monoisotopic (exact) mass is 348 g/mol. The van der Waals surface area contributed by atoms with Gasteiger partial charge < -0.3 is 0 Å². The van der Waals surface area contributed by atoms with Gasteiger partial charge >= 0.3 is 0 Å². The van der Waals surface area contributed by atoms with Gasteiger partial charge in [-0.2, -0.15) is 0 Å². The van der Waals surface area contributed by atoms with E-state index >= 15 is 0 Å².